The molecule has 2 aromatic rings. The van der Waals surface area contributed by atoms with Crippen LogP contribution in [0.15, 0.2) is 42.7 Å². The van der Waals surface area contributed by atoms with Gasteiger partial charge in [0, 0.05) is 18.8 Å². The molecule has 2 rings (SSSR count). The Balaban J connectivity index is 2.14. The van der Waals surface area contributed by atoms with Gasteiger partial charge in [-0.05, 0) is 30.7 Å². The zero-order valence-electron chi connectivity index (χ0n) is 10.3. The molecule has 4 heteroatoms. The van der Waals surface area contributed by atoms with Crippen LogP contribution in [0, 0.1) is 0 Å². The molecule has 1 aromatic carbocycles. The van der Waals surface area contributed by atoms with Gasteiger partial charge in [-0.3, -0.25) is 4.98 Å². The number of hydrogen-bond donors (Lipinski definition) is 1. The molecule has 0 saturated heterocycles. The van der Waals surface area contributed by atoms with Crippen LogP contribution in [-0.2, 0) is 6.54 Å². The van der Waals surface area contributed by atoms with E-state index < -0.39 is 0 Å². The van der Waals surface area contributed by atoms with Crippen LogP contribution in [-0.4, -0.2) is 11.6 Å². The summed E-state index contributed by atoms with van der Waals surface area (Å²) in [7, 11) is 0. The molecule has 4 nitrogen and oxygen atoms in total. The molecule has 0 saturated carbocycles. The molecule has 0 fully saturated rings. The molecule has 0 radical (unpaired) electrons. The predicted octanol–water partition coefficient (Wildman–Crippen LogP) is 2.73. The Morgan fingerprint density at radius 3 is 2.72 bits per heavy atom. The largest absolute Gasteiger partial charge is 0.494 e. The van der Waals surface area contributed by atoms with Crippen LogP contribution in [0.3, 0.4) is 0 Å². The number of rotatable bonds is 5. The van der Waals surface area contributed by atoms with Crippen molar-refractivity contribution in [1.29, 1.82) is 0 Å². The van der Waals surface area contributed by atoms with E-state index in [9.17, 15) is 0 Å². The van der Waals surface area contributed by atoms with Crippen LogP contribution in [0.4, 0.5) is 0 Å². The first-order chi connectivity index (χ1) is 8.81. The van der Waals surface area contributed by atoms with Crippen molar-refractivity contribution in [1.82, 2.24) is 4.98 Å². The lowest BCUT2D eigenvalue weighted by molar-refractivity contribution is 0.338. The van der Waals surface area contributed by atoms with Gasteiger partial charge in [-0.25, -0.2) is 0 Å². The van der Waals surface area contributed by atoms with E-state index in [1.165, 1.54) is 0 Å². The summed E-state index contributed by atoms with van der Waals surface area (Å²) in [6, 6.07) is 9.38. The second-order valence-electron chi connectivity index (χ2n) is 3.74. The summed E-state index contributed by atoms with van der Waals surface area (Å²) in [5.41, 5.74) is 6.50. The van der Waals surface area contributed by atoms with Gasteiger partial charge < -0.3 is 15.2 Å². The number of benzene rings is 1. The average Bonchev–Trinajstić information content (AvgIpc) is 2.40. The van der Waals surface area contributed by atoms with Gasteiger partial charge in [0.2, 0.25) is 0 Å². The van der Waals surface area contributed by atoms with E-state index in [0.717, 1.165) is 17.1 Å². The zero-order chi connectivity index (χ0) is 12.8. The second-order valence-corrected chi connectivity index (χ2v) is 3.74. The third-order valence-corrected chi connectivity index (χ3v) is 2.36. The van der Waals surface area contributed by atoms with E-state index in [1.807, 2.05) is 37.3 Å². The first kappa shape index (κ1) is 12.4. The molecular weight excluding hydrogens is 228 g/mol. The number of nitrogens with zero attached hydrogens (tertiary/aromatic N) is 1. The van der Waals surface area contributed by atoms with E-state index in [1.54, 1.807) is 12.4 Å². The van der Waals surface area contributed by atoms with Crippen LogP contribution in [0.25, 0.3) is 0 Å². The van der Waals surface area contributed by atoms with Crippen LogP contribution in [0.2, 0.25) is 0 Å². The number of aromatic nitrogens is 1. The molecule has 0 spiro atoms. The number of hydrogen-bond acceptors (Lipinski definition) is 4. The molecular formula is C14H16N2O2. The minimum absolute atomic E-state index is 0.448. The van der Waals surface area contributed by atoms with Crippen LogP contribution in [0.1, 0.15) is 12.5 Å². The van der Waals surface area contributed by atoms with Crippen molar-refractivity contribution in [3.05, 3.63) is 48.3 Å². The van der Waals surface area contributed by atoms with Crippen molar-refractivity contribution in [2.75, 3.05) is 6.61 Å². The molecule has 1 aromatic heterocycles. The maximum Gasteiger partial charge on any atom is 0.146 e. The minimum atomic E-state index is 0.448. The van der Waals surface area contributed by atoms with Gasteiger partial charge in [-0.1, -0.05) is 6.07 Å². The highest BCUT2D eigenvalue weighted by atomic mass is 16.5. The fourth-order valence-corrected chi connectivity index (χ4v) is 1.56. The van der Waals surface area contributed by atoms with E-state index >= 15 is 0 Å². The summed E-state index contributed by atoms with van der Waals surface area (Å²) in [6.45, 7) is 3.03. The molecule has 0 aliphatic heterocycles. The van der Waals surface area contributed by atoms with Crippen LogP contribution < -0.4 is 15.2 Å². The summed E-state index contributed by atoms with van der Waals surface area (Å²) in [5, 5.41) is 0. The van der Waals surface area contributed by atoms with Gasteiger partial charge in [-0.15, -0.1) is 0 Å². The summed E-state index contributed by atoms with van der Waals surface area (Å²) in [4.78, 5) is 4.07. The molecule has 94 valence electrons. The summed E-state index contributed by atoms with van der Waals surface area (Å²) >= 11 is 0. The smallest absolute Gasteiger partial charge is 0.146 e. The molecule has 0 amide bonds. The highest BCUT2D eigenvalue weighted by Gasteiger charge is 2.01. The Kier molecular flexibility index (Phi) is 4.15. The quantitative estimate of drug-likeness (QED) is 0.878. The number of nitrogens with two attached hydrogens (primary N) is 1. The van der Waals surface area contributed by atoms with Crippen molar-refractivity contribution in [3.63, 3.8) is 0 Å². The number of pyridine rings is 1. The van der Waals surface area contributed by atoms with Gasteiger partial charge in [0.25, 0.3) is 0 Å². The Morgan fingerprint density at radius 1 is 1.11 bits per heavy atom. The van der Waals surface area contributed by atoms with Gasteiger partial charge in [-0.2, -0.15) is 0 Å². The standard InChI is InChI=1S/C14H16N2O2/c1-2-17-12-4-3-5-13(7-12)18-14-6-11(8-15)9-16-10-14/h3-7,9-10H,2,8,15H2,1H3. The first-order valence-corrected chi connectivity index (χ1v) is 5.86. The zero-order valence-corrected chi connectivity index (χ0v) is 10.3. The minimum Gasteiger partial charge on any atom is -0.494 e. The third kappa shape index (κ3) is 3.21. The molecule has 0 bridgehead atoms. The topological polar surface area (TPSA) is 57.4 Å². The van der Waals surface area contributed by atoms with Crippen molar-refractivity contribution in [2.24, 2.45) is 5.73 Å². The van der Waals surface area contributed by atoms with Crippen molar-refractivity contribution >= 4 is 0 Å². The molecule has 18 heavy (non-hydrogen) atoms. The highest BCUT2D eigenvalue weighted by Crippen LogP contribution is 2.25. The Hall–Kier alpha value is -2.07. The Bertz CT molecular complexity index is 515. The van der Waals surface area contributed by atoms with Gasteiger partial charge in [0.05, 0.1) is 12.8 Å². The van der Waals surface area contributed by atoms with Crippen molar-refractivity contribution in [3.8, 4) is 17.2 Å². The molecule has 0 atom stereocenters. The molecule has 0 aliphatic rings. The fraction of sp³-hybridized carbons (Fsp3) is 0.214. The van der Waals surface area contributed by atoms with E-state index in [4.69, 9.17) is 15.2 Å². The molecule has 2 N–H and O–H groups in total. The molecule has 0 unspecified atom stereocenters. The monoisotopic (exact) mass is 244 g/mol. The number of ether oxygens (including phenoxy) is 2. The molecule has 0 aliphatic carbocycles. The normalized spacial score (nSPS) is 10.1. The highest BCUT2D eigenvalue weighted by molar-refractivity contribution is 5.36. The van der Waals surface area contributed by atoms with Gasteiger partial charge >= 0.3 is 0 Å². The van der Waals surface area contributed by atoms with Crippen LogP contribution in [0.5, 0.6) is 17.2 Å². The second kappa shape index (κ2) is 6.02. The van der Waals surface area contributed by atoms with Gasteiger partial charge in [0.1, 0.15) is 17.2 Å². The van der Waals surface area contributed by atoms with E-state index in [0.29, 0.717) is 18.9 Å². The maximum absolute atomic E-state index is 5.71. The molecule has 1 heterocycles. The SMILES string of the molecule is CCOc1cccc(Oc2cncc(CN)c2)c1. The first-order valence-electron chi connectivity index (χ1n) is 5.86. The van der Waals surface area contributed by atoms with Crippen molar-refractivity contribution in [2.45, 2.75) is 13.5 Å². The van der Waals surface area contributed by atoms with Crippen LogP contribution >= 0.6 is 0 Å². The summed E-state index contributed by atoms with van der Waals surface area (Å²) in [5.74, 6) is 2.18. The van der Waals surface area contributed by atoms with E-state index in [-0.39, 0.29) is 0 Å². The summed E-state index contributed by atoms with van der Waals surface area (Å²) in [6.07, 6.45) is 3.38. The summed E-state index contributed by atoms with van der Waals surface area (Å²) < 4.78 is 11.1. The maximum atomic E-state index is 5.71. The Morgan fingerprint density at radius 2 is 1.94 bits per heavy atom. The lowest BCUT2D eigenvalue weighted by atomic mass is 10.3. The fourth-order valence-electron chi connectivity index (χ4n) is 1.56. The van der Waals surface area contributed by atoms with E-state index in [2.05, 4.69) is 4.98 Å². The third-order valence-electron chi connectivity index (χ3n) is 2.36. The Labute approximate surface area is 106 Å². The average molecular weight is 244 g/mol. The van der Waals surface area contributed by atoms with Crippen molar-refractivity contribution < 1.29 is 9.47 Å². The lowest BCUT2D eigenvalue weighted by Gasteiger charge is -2.08. The van der Waals surface area contributed by atoms with Gasteiger partial charge in [0.15, 0.2) is 0 Å². The lowest BCUT2D eigenvalue weighted by Crippen LogP contribution is -1.97. The predicted molar refractivity (Wildman–Crippen MR) is 69.8 cm³/mol.